The molecule has 0 fully saturated rings. The van der Waals surface area contributed by atoms with Crippen LogP contribution in [0.1, 0.15) is 11.1 Å². The molecule has 0 aliphatic carbocycles. The number of nitrogens with one attached hydrogen (secondary N) is 2. The average molecular weight is 301 g/mol. The number of rotatable bonds is 5. The van der Waals surface area contributed by atoms with Crippen molar-refractivity contribution in [1.82, 2.24) is 9.97 Å². The molecular formula is C18H15N5. The normalized spacial score (nSPS) is 9.87. The van der Waals surface area contributed by atoms with E-state index in [9.17, 15) is 0 Å². The lowest BCUT2D eigenvalue weighted by Gasteiger charge is -2.08. The number of nitriles is 1. The van der Waals surface area contributed by atoms with Crippen LogP contribution in [-0.2, 0) is 6.54 Å². The van der Waals surface area contributed by atoms with Crippen molar-refractivity contribution in [3.05, 3.63) is 78.0 Å². The molecule has 5 nitrogen and oxygen atoms in total. The average Bonchev–Trinajstić information content (AvgIpc) is 2.62. The van der Waals surface area contributed by atoms with Crippen molar-refractivity contribution in [2.75, 3.05) is 10.6 Å². The molecule has 0 aliphatic rings. The van der Waals surface area contributed by atoms with Gasteiger partial charge in [-0.25, -0.2) is 4.98 Å². The Bertz CT molecular complexity index is 807. The molecule has 5 heteroatoms. The lowest BCUT2D eigenvalue weighted by molar-refractivity contribution is 1.08. The smallest absolute Gasteiger partial charge is 0.229 e. The van der Waals surface area contributed by atoms with Crippen molar-refractivity contribution in [3.8, 4) is 6.07 Å². The molecule has 1 heterocycles. The van der Waals surface area contributed by atoms with Gasteiger partial charge in [0.15, 0.2) is 0 Å². The molecule has 112 valence electrons. The zero-order valence-electron chi connectivity index (χ0n) is 12.4. The summed E-state index contributed by atoms with van der Waals surface area (Å²) in [6.45, 7) is 0.703. The maximum absolute atomic E-state index is 8.80. The molecule has 0 bridgehead atoms. The van der Waals surface area contributed by atoms with Gasteiger partial charge in [-0.3, -0.25) is 0 Å². The molecule has 0 aliphatic heterocycles. The fraction of sp³-hybridized carbons (Fsp3) is 0.0556. The number of hydrogen-bond acceptors (Lipinski definition) is 5. The van der Waals surface area contributed by atoms with Crippen LogP contribution >= 0.6 is 0 Å². The van der Waals surface area contributed by atoms with Crippen LogP contribution in [-0.4, -0.2) is 9.97 Å². The second kappa shape index (κ2) is 7.05. The Morgan fingerprint density at radius 3 is 2.48 bits per heavy atom. The number of benzene rings is 2. The summed E-state index contributed by atoms with van der Waals surface area (Å²) in [7, 11) is 0. The van der Waals surface area contributed by atoms with E-state index in [1.165, 1.54) is 5.56 Å². The van der Waals surface area contributed by atoms with Crippen LogP contribution in [0.3, 0.4) is 0 Å². The first-order valence-corrected chi connectivity index (χ1v) is 7.21. The summed E-state index contributed by atoms with van der Waals surface area (Å²) in [5.74, 6) is 1.26. The Kier molecular flexibility index (Phi) is 4.46. The van der Waals surface area contributed by atoms with Gasteiger partial charge in [0.2, 0.25) is 5.95 Å². The van der Waals surface area contributed by atoms with Crippen molar-refractivity contribution in [1.29, 1.82) is 5.26 Å². The number of aromatic nitrogens is 2. The van der Waals surface area contributed by atoms with Gasteiger partial charge in [0.05, 0.1) is 11.6 Å². The van der Waals surface area contributed by atoms with Crippen molar-refractivity contribution < 1.29 is 0 Å². The highest BCUT2D eigenvalue weighted by Crippen LogP contribution is 2.15. The molecule has 0 saturated heterocycles. The molecule has 0 spiro atoms. The summed E-state index contributed by atoms with van der Waals surface area (Å²) in [4.78, 5) is 8.63. The maximum Gasteiger partial charge on any atom is 0.229 e. The van der Waals surface area contributed by atoms with Crippen molar-refractivity contribution in [2.45, 2.75) is 6.54 Å². The van der Waals surface area contributed by atoms with E-state index < -0.39 is 0 Å². The van der Waals surface area contributed by atoms with E-state index >= 15 is 0 Å². The van der Waals surface area contributed by atoms with E-state index in [4.69, 9.17) is 5.26 Å². The number of anilines is 3. The van der Waals surface area contributed by atoms with Gasteiger partial charge in [-0.1, -0.05) is 30.3 Å². The summed E-state index contributed by atoms with van der Waals surface area (Å²) in [5, 5.41) is 15.2. The quantitative estimate of drug-likeness (QED) is 0.751. The van der Waals surface area contributed by atoms with Gasteiger partial charge < -0.3 is 10.6 Å². The van der Waals surface area contributed by atoms with Gasteiger partial charge in [0.25, 0.3) is 0 Å². The monoisotopic (exact) mass is 301 g/mol. The minimum atomic E-state index is 0.507. The molecule has 0 atom stereocenters. The van der Waals surface area contributed by atoms with Crippen LogP contribution < -0.4 is 10.6 Å². The van der Waals surface area contributed by atoms with E-state index in [2.05, 4.69) is 38.8 Å². The largest absolute Gasteiger partial charge is 0.366 e. The molecule has 0 amide bonds. The van der Waals surface area contributed by atoms with Crippen molar-refractivity contribution in [2.24, 2.45) is 0 Å². The molecule has 1 aromatic heterocycles. The molecule has 2 aromatic carbocycles. The highest BCUT2D eigenvalue weighted by Gasteiger charge is 2.01. The Morgan fingerprint density at radius 1 is 0.957 bits per heavy atom. The first-order chi connectivity index (χ1) is 11.3. The Labute approximate surface area is 134 Å². The van der Waals surface area contributed by atoms with E-state index in [1.807, 2.05) is 36.4 Å². The second-order valence-electron chi connectivity index (χ2n) is 4.92. The molecule has 2 N–H and O–H groups in total. The molecule has 0 unspecified atom stereocenters. The van der Waals surface area contributed by atoms with E-state index in [0.29, 0.717) is 18.1 Å². The molecule has 3 rings (SSSR count). The first-order valence-electron chi connectivity index (χ1n) is 7.21. The van der Waals surface area contributed by atoms with Gasteiger partial charge >= 0.3 is 0 Å². The third-order valence-electron chi connectivity index (χ3n) is 3.24. The number of hydrogen-bond donors (Lipinski definition) is 2. The lowest BCUT2D eigenvalue weighted by Crippen LogP contribution is -2.04. The number of nitrogens with zero attached hydrogens (tertiary/aromatic N) is 3. The van der Waals surface area contributed by atoms with E-state index in [0.717, 1.165) is 11.5 Å². The van der Waals surface area contributed by atoms with E-state index in [1.54, 1.807) is 18.3 Å². The Hall–Kier alpha value is -3.39. The summed E-state index contributed by atoms with van der Waals surface area (Å²) in [5.41, 5.74) is 2.65. The molecule has 3 aromatic rings. The zero-order valence-corrected chi connectivity index (χ0v) is 12.4. The standard InChI is InChI=1S/C18H15N5/c19-12-14-6-8-16(9-7-14)22-18-20-11-10-17(23-18)21-13-15-4-2-1-3-5-15/h1-11H,13H2,(H2,20,21,22,23). The molecular weight excluding hydrogens is 286 g/mol. The summed E-state index contributed by atoms with van der Waals surface area (Å²) in [6, 6.07) is 21.2. The van der Waals surface area contributed by atoms with Crippen LogP contribution in [0.2, 0.25) is 0 Å². The van der Waals surface area contributed by atoms with Crippen molar-refractivity contribution in [3.63, 3.8) is 0 Å². The highest BCUT2D eigenvalue weighted by molar-refractivity contribution is 5.56. The molecule has 23 heavy (non-hydrogen) atoms. The van der Waals surface area contributed by atoms with Crippen LogP contribution in [0.25, 0.3) is 0 Å². The summed E-state index contributed by atoms with van der Waals surface area (Å²) < 4.78 is 0. The first kappa shape index (κ1) is 14.5. The van der Waals surface area contributed by atoms with Gasteiger partial charge in [0, 0.05) is 18.4 Å². The van der Waals surface area contributed by atoms with Crippen LogP contribution in [0.4, 0.5) is 17.5 Å². The van der Waals surface area contributed by atoms with E-state index in [-0.39, 0.29) is 0 Å². The molecule has 0 radical (unpaired) electrons. The maximum atomic E-state index is 8.80. The van der Waals surface area contributed by atoms with Crippen LogP contribution in [0.5, 0.6) is 0 Å². The third kappa shape index (κ3) is 4.05. The minimum Gasteiger partial charge on any atom is -0.366 e. The van der Waals surface area contributed by atoms with Gasteiger partial charge in [0.1, 0.15) is 5.82 Å². The third-order valence-corrected chi connectivity index (χ3v) is 3.24. The lowest BCUT2D eigenvalue weighted by atomic mass is 10.2. The molecule has 0 saturated carbocycles. The predicted molar refractivity (Wildman–Crippen MR) is 90.2 cm³/mol. The van der Waals surface area contributed by atoms with Gasteiger partial charge in [-0.2, -0.15) is 10.2 Å². The van der Waals surface area contributed by atoms with Crippen LogP contribution in [0.15, 0.2) is 66.9 Å². The zero-order chi connectivity index (χ0) is 15.9. The fourth-order valence-corrected chi connectivity index (χ4v) is 2.06. The second-order valence-corrected chi connectivity index (χ2v) is 4.92. The van der Waals surface area contributed by atoms with Gasteiger partial charge in [-0.05, 0) is 35.9 Å². The fourth-order valence-electron chi connectivity index (χ4n) is 2.06. The topological polar surface area (TPSA) is 73.6 Å². The SMILES string of the molecule is N#Cc1ccc(Nc2nccc(NCc3ccccc3)n2)cc1. The Balaban J connectivity index is 1.66. The minimum absolute atomic E-state index is 0.507. The predicted octanol–water partition coefficient (Wildman–Crippen LogP) is 3.70. The summed E-state index contributed by atoms with van der Waals surface area (Å²) >= 11 is 0. The highest BCUT2D eigenvalue weighted by atomic mass is 15.1. The Morgan fingerprint density at radius 2 is 1.74 bits per heavy atom. The van der Waals surface area contributed by atoms with Crippen LogP contribution in [0, 0.1) is 11.3 Å². The summed E-state index contributed by atoms with van der Waals surface area (Å²) in [6.07, 6.45) is 1.70. The van der Waals surface area contributed by atoms with Gasteiger partial charge in [-0.15, -0.1) is 0 Å². The van der Waals surface area contributed by atoms with Crippen molar-refractivity contribution >= 4 is 17.5 Å².